The van der Waals surface area contributed by atoms with Gasteiger partial charge in [-0.15, -0.1) is 0 Å². The molecule has 0 aliphatic carbocycles. The second-order valence-electron chi connectivity index (χ2n) is 3.39. The second-order valence-corrected chi connectivity index (χ2v) is 3.39. The van der Waals surface area contributed by atoms with Gasteiger partial charge in [0.1, 0.15) is 5.75 Å². The Hall–Kier alpha value is -1.13. The van der Waals surface area contributed by atoms with E-state index in [-0.39, 0.29) is 12.0 Å². The lowest BCUT2D eigenvalue weighted by molar-refractivity contribution is -0.136. The van der Waals surface area contributed by atoms with E-state index in [0.717, 1.165) is 11.1 Å². The van der Waals surface area contributed by atoms with Crippen molar-refractivity contribution in [2.75, 3.05) is 0 Å². The molecule has 1 aliphatic heterocycles. The molecule has 76 valence electrons. The zero-order valence-corrected chi connectivity index (χ0v) is 8.28. The fourth-order valence-corrected chi connectivity index (χ4v) is 1.43. The van der Waals surface area contributed by atoms with Gasteiger partial charge in [0.05, 0.1) is 18.9 Å². The highest BCUT2D eigenvalue weighted by Crippen LogP contribution is 2.27. The van der Waals surface area contributed by atoms with Crippen LogP contribution in [-0.2, 0) is 22.7 Å². The van der Waals surface area contributed by atoms with Gasteiger partial charge in [0, 0.05) is 17.3 Å². The van der Waals surface area contributed by atoms with E-state index < -0.39 is 0 Å². The maximum absolute atomic E-state index is 9.76. The number of rotatable bonds is 0. The zero-order chi connectivity index (χ0) is 10.1. The van der Waals surface area contributed by atoms with Crippen molar-refractivity contribution in [3.63, 3.8) is 0 Å². The Balaban J connectivity index is 2.41. The number of aryl methyl sites for hydroxylation is 1. The molecule has 1 aromatic rings. The molecule has 0 saturated heterocycles. The first kappa shape index (κ1) is 9.43. The van der Waals surface area contributed by atoms with Crippen LogP contribution in [0.15, 0.2) is 6.20 Å². The largest absolute Gasteiger partial charge is 0.506 e. The third kappa shape index (κ3) is 1.58. The summed E-state index contributed by atoms with van der Waals surface area (Å²) in [5.41, 5.74) is 2.32. The Morgan fingerprint density at radius 2 is 2.14 bits per heavy atom. The molecule has 4 heteroatoms. The average Bonchev–Trinajstić information content (AvgIpc) is 2.35. The van der Waals surface area contributed by atoms with Crippen molar-refractivity contribution >= 4 is 0 Å². The SMILES string of the molecule is Cc1ncc2c(c1O)CO[C@@H](C)OC2. The smallest absolute Gasteiger partial charge is 0.155 e. The number of fused-ring (bicyclic) bond motifs is 1. The highest BCUT2D eigenvalue weighted by Gasteiger charge is 2.17. The first-order valence-corrected chi connectivity index (χ1v) is 4.58. The molecule has 1 aliphatic rings. The third-order valence-corrected chi connectivity index (χ3v) is 2.37. The van der Waals surface area contributed by atoms with Gasteiger partial charge in [0.25, 0.3) is 0 Å². The predicted molar refractivity (Wildman–Crippen MR) is 49.7 cm³/mol. The van der Waals surface area contributed by atoms with Gasteiger partial charge in [-0.3, -0.25) is 4.98 Å². The molecule has 2 rings (SSSR count). The molecule has 1 atom stereocenters. The molecule has 0 aromatic carbocycles. The van der Waals surface area contributed by atoms with Crippen LogP contribution >= 0.6 is 0 Å². The van der Waals surface area contributed by atoms with Crippen LogP contribution in [0.5, 0.6) is 5.75 Å². The minimum atomic E-state index is -0.234. The van der Waals surface area contributed by atoms with E-state index in [1.807, 2.05) is 6.92 Å². The maximum Gasteiger partial charge on any atom is 0.155 e. The van der Waals surface area contributed by atoms with Crippen LogP contribution in [0.1, 0.15) is 23.7 Å². The number of pyridine rings is 1. The van der Waals surface area contributed by atoms with Gasteiger partial charge in [-0.1, -0.05) is 0 Å². The van der Waals surface area contributed by atoms with E-state index in [2.05, 4.69) is 4.98 Å². The molecule has 1 N–H and O–H groups in total. The van der Waals surface area contributed by atoms with Crippen molar-refractivity contribution in [2.24, 2.45) is 0 Å². The van der Waals surface area contributed by atoms with Crippen LogP contribution in [-0.4, -0.2) is 16.4 Å². The molecular weight excluding hydrogens is 182 g/mol. The van der Waals surface area contributed by atoms with Gasteiger partial charge in [0.2, 0.25) is 0 Å². The number of aromatic hydroxyl groups is 1. The summed E-state index contributed by atoms with van der Waals surface area (Å²) in [5, 5.41) is 9.76. The fourth-order valence-electron chi connectivity index (χ4n) is 1.43. The first-order chi connectivity index (χ1) is 6.68. The Labute approximate surface area is 82.5 Å². The zero-order valence-electron chi connectivity index (χ0n) is 8.28. The van der Waals surface area contributed by atoms with E-state index in [4.69, 9.17) is 9.47 Å². The van der Waals surface area contributed by atoms with Gasteiger partial charge in [-0.2, -0.15) is 0 Å². The van der Waals surface area contributed by atoms with E-state index in [9.17, 15) is 5.11 Å². The number of hydrogen-bond donors (Lipinski definition) is 1. The molecular formula is C10H13NO3. The van der Waals surface area contributed by atoms with Crippen molar-refractivity contribution in [3.05, 3.63) is 23.0 Å². The maximum atomic E-state index is 9.76. The highest BCUT2D eigenvalue weighted by molar-refractivity contribution is 5.40. The molecule has 0 amide bonds. The highest BCUT2D eigenvalue weighted by atomic mass is 16.7. The van der Waals surface area contributed by atoms with Gasteiger partial charge < -0.3 is 14.6 Å². The van der Waals surface area contributed by atoms with Crippen molar-refractivity contribution in [3.8, 4) is 5.75 Å². The molecule has 2 heterocycles. The monoisotopic (exact) mass is 195 g/mol. The molecule has 4 nitrogen and oxygen atoms in total. The van der Waals surface area contributed by atoms with Crippen LogP contribution in [0.25, 0.3) is 0 Å². The Morgan fingerprint density at radius 1 is 1.43 bits per heavy atom. The Bertz CT molecular complexity index is 351. The lowest BCUT2D eigenvalue weighted by Gasteiger charge is -2.08. The normalized spacial score (nSPS) is 21.4. The minimum absolute atomic E-state index is 0.222. The summed E-state index contributed by atoms with van der Waals surface area (Å²) in [6.45, 7) is 4.43. The summed E-state index contributed by atoms with van der Waals surface area (Å²) in [6, 6.07) is 0. The molecule has 14 heavy (non-hydrogen) atoms. The lowest BCUT2D eigenvalue weighted by Crippen LogP contribution is -2.08. The van der Waals surface area contributed by atoms with Crippen LogP contribution in [0.3, 0.4) is 0 Å². The van der Waals surface area contributed by atoms with Gasteiger partial charge >= 0.3 is 0 Å². The number of nitrogens with zero attached hydrogens (tertiary/aromatic N) is 1. The van der Waals surface area contributed by atoms with Crippen LogP contribution in [0, 0.1) is 6.92 Å². The van der Waals surface area contributed by atoms with E-state index in [0.29, 0.717) is 18.9 Å². The quantitative estimate of drug-likeness (QED) is 0.681. The molecule has 0 radical (unpaired) electrons. The number of aromatic nitrogens is 1. The molecule has 0 saturated carbocycles. The first-order valence-electron chi connectivity index (χ1n) is 4.58. The Kier molecular flexibility index (Phi) is 2.39. The lowest BCUT2D eigenvalue weighted by atomic mass is 10.1. The topological polar surface area (TPSA) is 51.6 Å². The van der Waals surface area contributed by atoms with E-state index in [1.54, 1.807) is 13.1 Å². The van der Waals surface area contributed by atoms with Crippen molar-refractivity contribution in [1.29, 1.82) is 0 Å². The summed E-state index contributed by atoms with van der Waals surface area (Å²) < 4.78 is 10.7. The van der Waals surface area contributed by atoms with Crippen molar-refractivity contribution < 1.29 is 14.6 Å². The Morgan fingerprint density at radius 3 is 2.93 bits per heavy atom. The summed E-state index contributed by atoms with van der Waals surface area (Å²) in [6.07, 6.45) is 1.49. The van der Waals surface area contributed by atoms with Crippen LogP contribution < -0.4 is 0 Å². The standard InChI is InChI=1S/C10H13NO3/c1-6-10(12)9-5-14-7(2)13-4-8(9)3-11-6/h3,7,12H,4-5H2,1-2H3/t7-/m0/s1. The van der Waals surface area contributed by atoms with E-state index in [1.165, 1.54) is 0 Å². The average molecular weight is 195 g/mol. The number of hydrogen-bond acceptors (Lipinski definition) is 4. The molecule has 0 unspecified atom stereocenters. The minimum Gasteiger partial charge on any atom is -0.506 e. The van der Waals surface area contributed by atoms with Crippen LogP contribution in [0.4, 0.5) is 0 Å². The van der Waals surface area contributed by atoms with E-state index >= 15 is 0 Å². The van der Waals surface area contributed by atoms with Gasteiger partial charge in [-0.05, 0) is 13.8 Å². The summed E-state index contributed by atoms with van der Waals surface area (Å²) in [5.74, 6) is 0.222. The second kappa shape index (κ2) is 3.55. The summed E-state index contributed by atoms with van der Waals surface area (Å²) in [7, 11) is 0. The molecule has 0 bridgehead atoms. The summed E-state index contributed by atoms with van der Waals surface area (Å²) >= 11 is 0. The van der Waals surface area contributed by atoms with Crippen molar-refractivity contribution in [1.82, 2.24) is 4.98 Å². The number of ether oxygens (including phenoxy) is 2. The fraction of sp³-hybridized carbons (Fsp3) is 0.500. The molecule has 1 aromatic heterocycles. The molecule has 0 fully saturated rings. The van der Waals surface area contributed by atoms with Gasteiger partial charge in [0.15, 0.2) is 6.29 Å². The summed E-state index contributed by atoms with van der Waals surface area (Å²) in [4.78, 5) is 4.07. The van der Waals surface area contributed by atoms with Gasteiger partial charge in [-0.25, -0.2) is 0 Å². The third-order valence-electron chi connectivity index (χ3n) is 2.37. The van der Waals surface area contributed by atoms with Crippen LogP contribution in [0.2, 0.25) is 0 Å². The predicted octanol–water partition coefficient (Wildman–Crippen LogP) is 1.49. The van der Waals surface area contributed by atoms with Crippen molar-refractivity contribution in [2.45, 2.75) is 33.4 Å². The molecule has 0 spiro atoms.